The molecule has 0 saturated carbocycles. The predicted octanol–water partition coefficient (Wildman–Crippen LogP) is 2.04. The lowest BCUT2D eigenvalue weighted by Crippen LogP contribution is -2.49. The largest absolute Gasteiger partial charge is 0.387 e. The van der Waals surface area contributed by atoms with Crippen molar-refractivity contribution in [3.05, 3.63) is 34.3 Å². The van der Waals surface area contributed by atoms with E-state index in [1.165, 1.54) is 0 Å². The topological polar surface area (TPSA) is 43.8 Å². The maximum Gasteiger partial charge on any atom is 0.222 e. The molecule has 1 heterocycles. The minimum absolute atomic E-state index is 0.220. The number of carbonyl (C=O) groups is 1. The Balaban J connectivity index is 1.83. The van der Waals surface area contributed by atoms with Gasteiger partial charge in [-0.1, -0.05) is 35.0 Å². The second-order valence-corrected chi connectivity index (χ2v) is 6.02. The third-order valence-electron chi connectivity index (χ3n) is 3.71. The summed E-state index contributed by atoms with van der Waals surface area (Å²) in [4.78, 5) is 15.7. The van der Waals surface area contributed by atoms with Gasteiger partial charge in [-0.15, -0.1) is 0 Å². The quantitative estimate of drug-likeness (QED) is 0.912. The van der Waals surface area contributed by atoms with E-state index in [-0.39, 0.29) is 5.91 Å². The molecule has 1 N–H and O–H groups in total. The Hall–Kier alpha value is -0.910. The number of benzene rings is 1. The second-order valence-electron chi connectivity index (χ2n) is 5.10. The summed E-state index contributed by atoms with van der Waals surface area (Å²) < 4.78 is 1.01. The van der Waals surface area contributed by atoms with Crippen molar-refractivity contribution in [3.63, 3.8) is 0 Å². The lowest BCUT2D eigenvalue weighted by Gasteiger charge is -2.35. The lowest BCUT2D eigenvalue weighted by atomic mass is 10.1. The number of piperazine rings is 1. The van der Waals surface area contributed by atoms with Crippen LogP contribution < -0.4 is 0 Å². The maximum atomic E-state index is 11.6. The molecule has 1 atom stereocenters. The van der Waals surface area contributed by atoms with E-state index in [1.54, 1.807) is 0 Å². The fourth-order valence-corrected chi connectivity index (χ4v) is 2.70. The van der Waals surface area contributed by atoms with Crippen molar-refractivity contribution in [2.75, 3.05) is 32.7 Å². The van der Waals surface area contributed by atoms with Gasteiger partial charge in [0.2, 0.25) is 5.91 Å². The molecule has 1 unspecified atom stereocenters. The highest BCUT2D eigenvalue weighted by Crippen LogP contribution is 2.18. The molecule has 2 rings (SSSR count). The van der Waals surface area contributed by atoms with Gasteiger partial charge in [-0.2, -0.15) is 0 Å². The Morgan fingerprint density at radius 1 is 1.25 bits per heavy atom. The third-order valence-corrected chi connectivity index (χ3v) is 4.24. The summed E-state index contributed by atoms with van der Waals surface area (Å²) in [5.74, 6) is 0.220. The maximum absolute atomic E-state index is 11.6. The number of rotatable bonds is 4. The Morgan fingerprint density at radius 2 is 1.85 bits per heavy atom. The molecule has 0 aromatic heterocycles. The molecule has 0 spiro atoms. The lowest BCUT2D eigenvalue weighted by molar-refractivity contribution is -0.132. The summed E-state index contributed by atoms with van der Waals surface area (Å²) in [6.45, 7) is 5.71. The number of aliphatic hydroxyl groups is 1. The normalized spacial score (nSPS) is 18.1. The molecular weight excluding hydrogens is 320 g/mol. The fourth-order valence-electron chi connectivity index (χ4n) is 2.44. The van der Waals surface area contributed by atoms with Crippen LogP contribution in [0.25, 0.3) is 0 Å². The number of hydrogen-bond acceptors (Lipinski definition) is 3. The molecule has 1 aliphatic heterocycles. The number of nitrogens with zero attached hydrogens (tertiary/aromatic N) is 2. The summed E-state index contributed by atoms with van der Waals surface area (Å²) in [6, 6.07) is 7.75. The van der Waals surface area contributed by atoms with E-state index in [4.69, 9.17) is 0 Å². The molecule has 0 bridgehead atoms. The summed E-state index contributed by atoms with van der Waals surface area (Å²) in [5.41, 5.74) is 0.931. The highest BCUT2D eigenvalue weighted by Gasteiger charge is 2.21. The number of β-amino-alcohol motifs (C(OH)–C–C–N with tert-alkyl or cyclic N) is 1. The van der Waals surface area contributed by atoms with Crippen LogP contribution >= 0.6 is 15.9 Å². The van der Waals surface area contributed by atoms with Crippen molar-refractivity contribution in [1.82, 2.24) is 9.80 Å². The molecule has 1 fully saturated rings. The average Bonchev–Trinajstić information content (AvgIpc) is 2.48. The van der Waals surface area contributed by atoms with Gasteiger partial charge in [0.25, 0.3) is 0 Å². The van der Waals surface area contributed by atoms with Gasteiger partial charge in [0.05, 0.1) is 6.10 Å². The first-order valence-electron chi connectivity index (χ1n) is 7.04. The van der Waals surface area contributed by atoms with Crippen molar-refractivity contribution in [3.8, 4) is 0 Å². The first-order valence-corrected chi connectivity index (χ1v) is 7.83. The summed E-state index contributed by atoms with van der Waals surface area (Å²) in [5, 5.41) is 10.2. The Labute approximate surface area is 128 Å². The number of aliphatic hydroxyl groups excluding tert-OH is 1. The van der Waals surface area contributed by atoms with Crippen LogP contribution in [0.5, 0.6) is 0 Å². The van der Waals surface area contributed by atoms with Gasteiger partial charge in [0, 0.05) is 43.6 Å². The minimum Gasteiger partial charge on any atom is -0.387 e. The van der Waals surface area contributed by atoms with Gasteiger partial charge >= 0.3 is 0 Å². The first-order chi connectivity index (χ1) is 9.60. The van der Waals surface area contributed by atoms with Crippen molar-refractivity contribution < 1.29 is 9.90 Å². The van der Waals surface area contributed by atoms with Crippen LogP contribution in [-0.2, 0) is 4.79 Å². The van der Waals surface area contributed by atoms with Crippen LogP contribution in [0.1, 0.15) is 25.0 Å². The molecule has 1 aromatic carbocycles. The number of amides is 1. The van der Waals surface area contributed by atoms with Crippen LogP contribution in [0, 0.1) is 0 Å². The van der Waals surface area contributed by atoms with E-state index in [0.29, 0.717) is 13.0 Å². The molecule has 1 saturated heterocycles. The predicted molar refractivity (Wildman–Crippen MR) is 82.4 cm³/mol. The molecule has 0 aliphatic carbocycles. The first kappa shape index (κ1) is 15.5. The van der Waals surface area contributed by atoms with Crippen molar-refractivity contribution in [1.29, 1.82) is 0 Å². The van der Waals surface area contributed by atoms with Gasteiger partial charge in [-0.3, -0.25) is 9.69 Å². The van der Waals surface area contributed by atoms with Gasteiger partial charge in [-0.25, -0.2) is 0 Å². The Bertz CT molecular complexity index is 442. The van der Waals surface area contributed by atoms with Gasteiger partial charge in [0.15, 0.2) is 0 Å². The highest BCUT2D eigenvalue weighted by atomic mass is 79.9. The summed E-state index contributed by atoms with van der Waals surface area (Å²) in [7, 11) is 0. The van der Waals surface area contributed by atoms with Crippen molar-refractivity contribution in [2.45, 2.75) is 19.4 Å². The van der Waals surface area contributed by atoms with E-state index in [9.17, 15) is 9.90 Å². The van der Waals surface area contributed by atoms with Gasteiger partial charge in [0.1, 0.15) is 0 Å². The highest BCUT2D eigenvalue weighted by molar-refractivity contribution is 9.10. The molecule has 1 amide bonds. The van der Waals surface area contributed by atoms with Crippen LogP contribution in [0.15, 0.2) is 28.7 Å². The van der Waals surface area contributed by atoms with E-state index in [0.717, 1.165) is 36.2 Å². The molecule has 20 heavy (non-hydrogen) atoms. The van der Waals surface area contributed by atoms with Crippen molar-refractivity contribution >= 4 is 21.8 Å². The zero-order valence-corrected chi connectivity index (χ0v) is 13.3. The standard InChI is InChI=1S/C15H21BrN2O2/c1-2-15(20)18-9-7-17(8-10-18)11-14(19)12-3-5-13(16)6-4-12/h3-6,14,19H,2,7-11H2,1H3. The number of halogens is 1. The molecule has 5 heteroatoms. The van der Waals surface area contributed by atoms with E-state index >= 15 is 0 Å². The number of carbonyl (C=O) groups excluding carboxylic acids is 1. The van der Waals surface area contributed by atoms with E-state index < -0.39 is 6.10 Å². The molecule has 1 aromatic rings. The molecule has 1 aliphatic rings. The van der Waals surface area contributed by atoms with Crippen LogP contribution in [0.4, 0.5) is 0 Å². The SMILES string of the molecule is CCC(=O)N1CCN(CC(O)c2ccc(Br)cc2)CC1. The third kappa shape index (κ3) is 4.04. The average molecular weight is 341 g/mol. The second kappa shape index (κ2) is 7.20. The van der Waals surface area contributed by atoms with E-state index in [1.807, 2.05) is 36.1 Å². The van der Waals surface area contributed by atoms with E-state index in [2.05, 4.69) is 20.8 Å². The summed E-state index contributed by atoms with van der Waals surface area (Å²) in [6.07, 6.45) is 0.0955. The van der Waals surface area contributed by atoms with Crippen LogP contribution in [0.2, 0.25) is 0 Å². The molecular formula is C15H21BrN2O2. The zero-order chi connectivity index (χ0) is 14.5. The molecule has 0 radical (unpaired) electrons. The fraction of sp³-hybridized carbons (Fsp3) is 0.533. The summed E-state index contributed by atoms with van der Waals surface area (Å²) >= 11 is 3.39. The molecule has 110 valence electrons. The van der Waals surface area contributed by atoms with Crippen LogP contribution in [-0.4, -0.2) is 53.5 Å². The monoisotopic (exact) mass is 340 g/mol. The number of hydrogen-bond donors (Lipinski definition) is 1. The Kier molecular flexibility index (Phi) is 5.57. The van der Waals surface area contributed by atoms with Crippen molar-refractivity contribution in [2.24, 2.45) is 0 Å². The van der Waals surface area contributed by atoms with Gasteiger partial charge in [-0.05, 0) is 17.7 Å². The van der Waals surface area contributed by atoms with Gasteiger partial charge < -0.3 is 10.0 Å². The zero-order valence-electron chi connectivity index (χ0n) is 11.8. The molecule has 4 nitrogen and oxygen atoms in total. The minimum atomic E-state index is -0.475. The Morgan fingerprint density at radius 3 is 2.40 bits per heavy atom. The van der Waals surface area contributed by atoms with Crippen LogP contribution in [0.3, 0.4) is 0 Å². The smallest absolute Gasteiger partial charge is 0.222 e.